The Morgan fingerprint density at radius 2 is 1.78 bits per heavy atom. The van der Waals surface area contributed by atoms with Gasteiger partial charge in [-0.3, -0.25) is 9.10 Å². The molecule has 0 unspecified atom stereocenters. The monoisotopic (exact) mass is 385 g/mol. The number of nitriles is 1. The molecule has 0 bridgehead atoms. The molecule has 0 atom stereocenters. The molecule has 27 heavy (non-hydrogen) atoms. The van der Waals surface area contributed by atoms with Crippen molar-refractivity contribution < 1.29 is 13.2 Å². The summed E-state index contributed by atoms with van der Waals surface area (Å²) in [5.74, 6) is -0.145. The molecule has 0 aromatic heterocycles. The maximum absolute atomic E-state index is 12.3. The van der Waals surface area contributed by atoms with Gasteiger partial charge in [-0.25, -0.2) is 8.42 Å². The summed E-state index contributed by atoms with van der Waals surface area (Å²) < 4.78 is 25.9. The number of carbonyl (C=O) groups excluding carboxylic acids is 1. The smallest absolute Gasteiger partial charge is 0.232 e. The molecule has 0 heterocycles. The number of nitrogens with one attached hydrogen (secondary N) is 1. The molecular formula is C20H23N3O3S. The first-order valence-electron chi connectivity index (χ1n) is 8.59. The van der Waals surface area contributed by atoms with Crippen LogP contribution in [0, 0.1) is 11.3 Å². The Labute approximate surface area is 160 Å². The molecule has 2 aromatic rings. The zero-order valence-electron chi connectivity index (χ0n) is 15.6. The standard InChI is InChI=1S/C20H23N3O3S/c1-15(2)18-6-4-5-7-19(18)23(27(3,25)26)13-12-20(24)22-17-10-8-16(14-21)9-11-17/h4-11,15H,12-13H2,1-3H3,(H,22,24). The van der Waals surface area contributed by atoms with E-state index >= 15 is 0 Å². The predicted molar refractivity (Wildman–Crippen MR) is 107 cm³/mol. The summed E-state index contributed by atoms with van der Waals surface area (Å²) in [5.41, 5.74) is 2.57. The van der Waals surface area contributed by atoms with E-state index in [9.17, 15) is 13.2 Å². The summed E-state index contributed by atoms with van der Waals surface area (Å²) >= 11 is 0. The molecule has 6 nitrogen and oxygen atoms in total. The van der Waals surface area contributed by atoms with Gasteiger partial charge in [0.1, 0.15) is 0 Å². The maximum atomic E-state index is 12.3. The van der Waals surface area contributed by atoms with E-state index in [0.717, 1.165) is 11.8 Å². The van der Waals surface area contributed by atoms with Gasteiger partial charge in [-0.2, -0.15) is 5.26 Å². The third-order valence-electron chi connectivity index (χ3n) is 4.07. The fourth-order valence-electron chi connectivity index (χ4n) is 2.72. The van der Waals surface area contributed by atoms with Gasteiger partial charge in [-0.15, -0.1) is 0 Å². The summed E-state index contributed by atoms with van der Waals surface area (Å²) in [5, 5.41) is 11.5. The molecule has 7 heteroatoms. The van der Waals surface area contributed by atoms with Crippen LogP contribution in [0.4, 0.5) is 11.4 Å². The number of anilines is 2. The topological polar surface area (TPSA) is 90.3 Å². The highest BCUT2D eigenvalue weighted by Crippen LogP contribution is 2.29. The second-order valence-corrected chi connectivity index (χ2v) is 8.44. The van der Waals surface area contributed by atoms with Crippen molar-refractivity contribution in [2.24, 2.45) is 0 Å². The van der Waals surface area contributed by atoms with Crippen molar-refractivity contribution >= 4 is 27.3 Å². The molecular weight excluding hydrogens is 362 g/mol. The van der Waals surface area contributed by atoms with Crippen LogP contribution in [-0.4, -0.2) is 27.1 Å². The van der Waals surface area contributed by atoms with Crippen LogP contribution < -0.4 is 9.62 Å². The quantitative estimate of drug-likeness (QED) is 0.790. The molecule has 2 rings (SSSR count). The first kappa shape index (κ1) is 20.5. The van der Waals surface area contributed by atoms with Crippen molar-refractivity contribution in [1.82, 2.24) is 0 Å². The second-order valence-electron chi connectivity index (χ2n) is 6.54. The zero-order valence-corrected chi connectivity index (χ0v) is 16.5. The van der Waals surface area contributed by atoms with Crippen LogP contribution in [0.25, 0.3) is 0 Å². The minimum atomic E-state index is -3.53. The number of carbonyl (C=O) groups is 1. The van der Waals surface area contributed by atoms with Crippen molar-refractivity contribution in [2.45, 2.75) is 26.2 Å². The van der Waals surface area contributed by atoms with E-state index in [0.29, 0.717) is 16.9 Å². The number of para-hydroxylation sites is 1. The van der Waals surface area contributed by atoms with Crippen LogP contribution in [0.15, 0.2) is 48.5 Å². The minimum absolute atomic E-state index is 0.0134. The van der Waals surface area contributed by atoms with Gasteiger partial charge in [-0.05, 0) is 41.8 Å². The first-order chi connectivity index (χ1) is 12.7. The Bertz CT molecular complexity index is 945. The predicted octanol–water partition coefficient (Wildman–Crippen LogP) is 3.48. The van der Waals surface area contributed by atoms with E-state index in [1.807, 2.05) is 32.0 Å². The van der Waals surface area contributed by atoms with Gasteiger partial charge in [0.05, 0.1) is 23.6 Å². The molecule has 0 aliphatic carbocycles. The maximum Gasteiger partial charge on any atom is 0.232 e. The van der Waals surface area contributed by atoms with E-state index in [1.54, 1.807) is 36.4 Å². The minimum Gasteiger partial charge on any atom is -0.326 e. The number of hydrogen-bond acceptors (Lipinski definition) is 4. The lowest BCUT2D eigenvalue weighted by atomic mass is 10.0. The molecule has 0 aliphatic heterocycles. The fourth-order valence-corrected chi connectivity index (χ4v) is 3.67. The Morgan fingerprint density at radius 3 is 2.33 bits per heavy atom. The molecule has 0 saturated heterocycles. The summed E-state index contributed by atoms with van der Waals surface area (Å²) in [4.78, 5) is 12.3. The number of hydrogen-bond donors (Lipinski definition) is 1. The SMILES string of the molecule is CC(C)c1ccccc1N(CCC(=O)Nc1ccc(C#N)cc1)S(C)(=O)=O. The van der Waals surface area contributed by atoms with Crippen LogP contribution in [0.3, 0.4) is 0 Å². The summed E-state index contributed by atoms with van der Waals surface area (Å²) in [6.07, 6.45) is 1.15. The summed E-state index contributed by atoms with van der Waals surface area (Å²) in [6.45, 7) is 4.04. The molecule has 0 aliphatic rings. The molecule has 0 fully saturated rings. The normalized spacial score (nSPS) is 11.1. The van der Waals surface area contributed by atoms with Crippen LogP contribution in [0.1, 0.15) is 37.3 Å². The second kappa shape index (κ2) is 8.69. The van der Waals surface area contributed by atoms with Crippen molar-refractivity contribution in [3.63, 3.8) is 0 Å². The number of nitrogens with zero attached hydrogens (tertiary/aromatic N) is 2. The Kier molecular flexibility index (Phi) is 6.59. The third kappa shape index (κ3) is 5.56. The third-order valence-corrected chi connectivity index (χ3v) is 5.25. The van der Waals surface area contributed by atoms with Crippen LogP contribution >= 0.6 is 0 Å². The van der Waals surface area contributed by atoms with Gasteiger partial charge >= 0.3 is 0 Å². The highest BCUT2D eigenvalue weighted by molar-refractivity contribution is 7.92. The van der Waals surface area contributed by atoms with E-state index < -0.39 is 10.0 Å². The lowest BCUT2D eigenvalue weighted by molar-refractivity contribution is -0.116. The lowest BCUT2D eigenvalue weighted by Gasteiger charge is -2.26. The van der Waals surface area contributed by atoms with Crippen molar-refractivity contribution in [3.8, 4) is 6.07 Å². The molecule has 142 valence electrons. The highest BCUT2D eigenvalue weighted by atomic mass is 32.2. The van der Waals surface area contributed by atoms with Gasteiger partial charge in [0.15, 0.2) is 0 Å². The lowest BCUT2D eigenvalue weighted by Crippen LogP contribution is -2.33. The van der Waals surface area contributed by atoms with Gasteiger partial charge in [0.25, 0.3) is 0 Å². The van der Waals surface area contributed by atoms with Gasteiger partial charge in [0, 0.05) is 18.7 Å². The van der Waals surface area contributed by atoms with E-state index in [4.69, 9.17) is 5.26 Å². The molecule has 0 spiro atoms. The van der Waals surface area contributed by atoms with E-state index in [1.165, 1.54) is 4.31 Å². The molecule has 1 N–H and O–H groups in total. The number of benzene rings is 2. The summed E-state index contributed by atoms with van der Waals surface area (Å²) in [6, 6.07) is 15.8. The Balaban J connectivity index is 2.14. The van der Waals surface area contributed by atoms with E-state index in [-0.39, 0.29) is 24.8 Å². The fraction of sp³-hybridized carbons (Fsp3) is 0.300. The van der Waals surface area contributed by atoms with Crippen LogP contribution in [0.5, 0.6) is 0 Å². The Morgan fingerprint density at radius 1 is 1.15 bits per heavy atom. The van der Waals surface area contributed by atoms with Crippen LogP contribution in [0.2, 0.25) is 0 Å². The largest absolute Gasteiger partial charge is 0.326 e. The molecule has 0 radical (unpaired) electrons. The van der Waals surface area contributed by atoms with Crippen molar-refractivity contribution in [3.05, 3.63) is 59.7 Å². The summed E-state index contributed by atoms with van der Waals surface area (Å²) in [7, 11) is -3.53. The molecule has 0 saturated carbocycles. The number of rotatable bonds is 7. The Hall–Kier alpha value is -2.85. The van der Waals surface area contributed by atoms with Crippen molar-refractivity contribution in [2.75, 3.05) is 22.4 Å². The number of amides is 1. The van der Waals surface area contributed by atoms with Gasteiger partial charge < -0.3 is 5.32 Å². The first-order valence-corrected chi connectivity index (χ1v) is 10.4. The van der Waals surface area contributed by atoms with Crippen LogP contribution in [-0.2, 0) is 14.8 Å². The van der Waals surface area contributed by atoms with Crippen molar-refractivity contribution in [1.29, 1.82) is 5.26 Å². The van der Waals surface area contributed by atoms with Gasteiger partial charge in [0.2, 0.25) is 15.9 Å². The molecule has 2 aromatic carbocycles. The molecule has 1 amide bonds. The number of sulfonamides is 1. The van der Waals surface area contributed by atoms with Gasteiger partial charge in [-0.1, -0.05) is 32.0 Å². The average molecular weight is 385 g/mol. The zero-order chi connectivity index (χ0) is 20.0. The highest BCUT2D eigenvalue weighted by Gasteiger charge is 2.22. The van der Waals surface area contributed by atoms with E-state index in [2.05, 4.69) is 5.32 Å². The average Bonchev–Trinajstić information content (AvgIpc) is 2.61.